The number of hydrogen-bond acceptors (Lipinski definition) is 1. The molecule has 0 saturated carbocycles. The van der Waals surface area contributed by atoms with E-state index in [9.17, 15) is 0 Å². The van der Waals surface area contributed by atoms with E-state index in [1.807, 2.05) is 6.92 Å². The lowest BCUT2D eigenvalue weighted by Crippen LogP contribution is -2.16. The van der Waals surface area contributed by atoms with Crippen LogP contribution in [0.1, 0.15) is 55.4 Å². The van der Waals surface area contributed by atoms with Crippen LogP contribution in [0.2, 0.25) is 0 Å². The summed E-state index contributed by atoms with van der Waals surface area (Å²) in [4.78, 5) is 9.99. The number of amidine groups is 1. The van der Waals surface area contributed by atoms with E-state index in [-0.39, 0.29) is 0 Å². The molecule has 0 saturated heterocycles. The van der Waals surface area contributed by atoms with E-state index in [0.29, 0.717) is 24.3 Å². The Morgan fingerprint density at radius 2 is 1.94 bits per heavy atom. The van der Waals surface area contributed by atoms with Gasteiger partial charge in [-0.25, -0.2) is 4.99 Å². The zero-order valence-electron chi connectivity index (χ0n) is 19.8. The molecule has 0 fully saturated rings. The zero-order chi connectivity index (χ0) is 22.8. The predicted molar refractivity (Wildman–Crippen MR) is 139 cm³/mol. The van der Waals surface area contributed by atoms with E-state index in [4.69, 9.17) is 21.6 Å². The van der Waals surface area contributed by atoms with Gasteiger partial charge < -0.3 is 0 Å². The molecule has 0 aromatic heterocycles. The monoisotopic (exact) mass is 444 g/mol. The minimum Gasteiger partial charge on any atom is -0.262 e. The van der Waals surface area contributed by atoms with Gasteiger partial charge in [-0.1, -0.05) is 60.2 Å². The Bertz CT molecular complexity index is 1120. The number of allylic oxidation sites excluding steroid dienone is 8. The molecule has 3 atom stereocenters. The summed E-state index contributed by atoms with van der Waals surface area (Å²) in [5.74, 6) is 1.96. The molecule has 0 bridgehead atoms. The van der Waals surface area contributed by atoms with Gasteiger partial charge in [-0.2, -0.15) is 0 Å². The maximum atomic E-state index is 6.56. The minimum absolute atomic E-state index is 0.346. The maximum Gasteiger partial charge on any atom is 0.150 e. The van der Waals surface area contributed by atoms with Crippen molar-refractivity contribution < 1.29 is 0 Å². The van der Waals surface area contributed by atoms with Crippen molar-refractivity contribution in [2.24, 2.45) is 21.8 Å². The van der Waals surface area contributed by atoms with E-state index in [0.717, 1.165) is 35.0 Å². The van der Waals surface area contributed by atoms with Crippen LogP contribution in [0.4, 0.5) is 0 Å². The molecule has 166 valence electrons. The van der Waals surface area contributed by atoms with E-state index < -0.39 is 0 Å². The molecule has 4 rings (SSSR count). The lowest BCUT2D eigenvalue weighted by molar-refractivity contribution is 0.595. The smallest absolute Gasteiger partial charge is 0.150 e. The van der Waals surface area contributed by atoms with Gasteiger partial charge in [0, 0.05) is 22.6 Å². The van der Waals surface area contributed by atoms with Gasteiger partial charge in [0.05, 0.1) is 6.54 Å². The van der Waals surface area contributed by atoms with Crippen LogP contribution in [0.25, 0.3) is 0 Å². The van der Waals surface area contributed by atoms with Crippen molar-refractivity contribution in [2.45, 2.75) is 53.4 Å². The van der Waals surface area contributed by atoms with E-state index in [2.05, 4.69) is 82.4 Å². The van der Waals surface area contributed by atoms with E-state index >= 15 is 0 Å². The summed E-state index contributed by atoms with van der Waals surface area (Å²) < 4.78 is 0. The van der Waals surface area contributed by atoms with Gasteiger partial charge in [-0.15, -0.1) is 0 Å². The predicted octanol–water partition coefficient (Wildman–Crippen LogP) is 7.58. The largest absolute Gasteiger partial charge is 0.262 e. The molecule has 1 aromatic rings. The molecule has 2 nitrogen and oxygen atoms in total. The summed E-state index contributed by atoms with van der Waals surface area (Å²) in [5.41, 5.74) is 9.12. The quantitative estimate of drug-likeness (QED) is 0.337. The Hall–Kier alpha value is -2.45. The molecular weight excluding hydrogens is 412 g/mol. The molecule has 0 spiro atoms. The highest BCUT2D eigenvalue weighted by Crippen LogP contribution is 2.47. The van der Waals surface area contributed by atoms with Crippen LogP contribution in [0.15, 0.2) is 80.8 Å². The van der Waals surface area contributed by atoms with Gasteiger partial charge >= 0.3 is 0 Å². The first kappa shape index (κ1) is 22.7. The number of hydrogen-bond donors (Lipinski definition) is 0. The molecule has 3 heteroatoms. The van der Waals surface area contributed by atoms with Crippen molar-refractivity contribution in [3.8, 4) is 0 Å². The third-order valence-corrected chi connectivity index (χ3v) is 7.30. The standard InChI is InChI=1S/C29H33ClN2/c1-6-18(2)29(32-21(5)22-10-8-7-9-11-22)31-17-25-16-26(30)15-24-14-23-12-19(3)20(4)13-27(23)28(24)25/h6-10,12-13,15-16,22,24,28H,11,14,17H2,1-5H3/b18-6+,31-29?,32-21?. The first-order valence-corrected chi connectivity index (χ1v) is 12.0. The Balaban J connectivity index is 1.65. The first-order valence-electron chi connectivity index (χ1n) is 11.6. The molecular formula is C29H33ClN2. The Labute approximate surface area is 197 Å². The van der Waals surface area contributed by atoms with Crippen LogP contribution < -0.4 is 0 Å². The first-order chi connectivity index (χ1) is 15.4. The van der Waals surface area contributed by atoms with E-state index in [1.54, 1.807) is 0 Å². The van der Waals surface area contributed by atoms with Gasteiger partial charge in [0.1, 0.15) is 5.84 Å². The normalized spacial score (nSPS) is 25.4. The fourth-order valence-corrected chi connectivity index (χ4v) is 5.25. The highest BCUT2D eigenvalue weighted by atomic mass is 35.5. The summed E-state index contributed by atoms with van der Waals surface area (Å²) >= 11 is 6.56. The van der Waals surface area contributed by atoms with Crippen LogP contribution >= 0.6 is 11.6 Å². The second-order valence-electron chi connectivity index (χ2n) is 9.27. The Kier molecular flexibility index (Phi) is 6.81. The van der Waals surface area contributed by atoms with Gasteiger partial charge in [-0.3, -0.25) is 4.99 Å². The van der Waals surface area contributed by atoms with E-state index in [1.165, 1.54) is 27.8 Å². The number of rotatable bonds is 4. The average molecular weight is 445 g/mol. The molecule has 0 aliphatic heterocycles. The van der Waals surface area contributed by atoms with Gasteiger partial charge in [0.2, 0.25) is 0 Å². The van der Waals surface area contributed by atoms with Crippen molar-refractivity contribution in [1.82, 2.24) is 0 Å². The zero-order valence-corrected chi connectivity index (χ0v) is 20.6. The maximum absolute atomic E-state index is 6.56. The minimum atomic E-state index is 0.346. The number of halogens is 1. The molecule has 0 amide bonds. The van der Waals surface area contributed by atoms with Crippen molar-refractivity contribution >= 4 is 23.1 Å². The number of nitrogens with zero attached hydrogens (tertiary/aromatic N) is 2. The highest BCUT2D eigenvalue weighted by Gasteiger charge is 2.36. The van der Waals surface area contributed by atoms with Crippen LogP contribution in [0.5, 0.6) is 0 Å². The SMILES string of the molecule is C/C=C(\C)C(=NCC1=CC(Cl)=CC2Cc3cc(C)c(C)cc3C12)N=C(C)C1C=CC=CC1. The van der Waals surface area contributed by atoms with Gasteiger partial charge in [0.15, 0.2) is 0 Å². The number of aryl methyl sites for hydroxylation is 2. The van der Waals surface area contributed by atoms with Crippen molar-refractivity contribution in [3.05, 3.63) is 93.1 Å². The van der Waals surface area contributed by atoms with Crippen LogP contribution in [0, 0.1) is 25.7 Å². The fourth-order valence-electron chi connectivity index (χ4n) is 4.94. The second-order valence-corrected chi connectivity index (χ2v) is 9.71. The summed E-state index contributed by atoms with van der Waals surface area (Å²) in [6, 6.07) is 4.74. The third kappa shape index (κ3) is 4.66. The lowest BCUT2D eigenvalue weighted by Gasteiger charge is -2.25. The van der Waals surface area contributed by atoms with Gasteiger partial charge in [-0.05, 0) is 92.9 Å². The topological polar surface area (TPSA) is 24.7 Å². The third-order valence-electron chi connectivity index (χ3n) is 7.07. The molecule has 3 aliphatic rings. The molecule has 1 aromatic carbocycles. The molecule has 3 unspecified atom stereocenters. The van der Waals surface area contributed by atoms with Crippen LogP contribution in [-0.2, 0) is 6.42 Å². The molecule has 32 heavy (non-hydrogen) atoms. The number of fused-ring (bicyclic) bond motifs is 3. The van der Waals surface area contributed by atoms with Crippen molar-refractivity contribution in [1.29, 1.82) is 0 Å². The summed E-state index contributed by atoms with van der Waals surface area (Å²) in [5, 5.41) is 0.834. The summed E-state index contributed by atoms with van der Waals surface area (Å²) in [6.45, 7) is 11.3. The van der Waals surface area contributed by atoms with Crippen LogP contribution in [0.3, 0.4) is 0 Å². The molecule has 0 heterocycles. The van der Waals surface area contributed by atoms with Crippen molar-refractivity contribution in [2.75, 3.05) is 6.54 Å². The van der Waals surface area contributed by atoms with Crippen LogP contribution in [-0.4, -0.2) is 18.1 Å². The number of aliphatic imine (C=N–C) groups is 2. The Morgan fingerprint density at radius 3 is 2.66 bits per heavy atom. The highest BCUT2D eigenvalue weighted by molar-refractivity contribution is 6.31. The summed E-state index contributed by atoms with van der Waals surface area (Å²) in [7, 11) is 0. The second kappa shape index (κ2) is 9.58. The average Bonchev–Trinajstić information content (AvgIpc) is 3.13. The van der Waals surface area contributed by atoms with Gasteiger partial charge in [0.25, 0.3) is 0 Å². The molecule has 0 radical (unpaired) electrons. The number of benzene rings is 1. The fraction of sp³-hybridized carbons (Fsp3) is 0.379. The van der Waals surface area contributed by atoms with Crippen molar-refractivity contribution in [3.63, 3.8) is 0 Å². The molecule has 3 aliphatic carbocycles. The Morgan fingerprint density at radius 1 is 1.16 bits per heavy atom. The lowest BCUT2D eigenvalue weighted by atomic mass is 9.81. The summed E-state index contributed by atoms with van der Waals surface area (Å²) in [6.07, 6.45) is 17.1. The molecule has 0 N–H and O–H groups in total.